The molecule has 3 aromatic rings. The van der Waals surface area contributed by atoms with Crippen molar-refractivity contribution in [3.8, 4) is 0 Å². The average molecular weight is 378 g/mol. The Hall–Kier alpha value is -3.09. The molecule has 0 bridgehead atoms. The van der Waals surface area contributed by atoms with Crippen LogP contribution in [0.1, 0.15) is 34.8 Å². The average Bonchev–Trinajstić information content (AvgIpc) is 3.49. The molecular formula is C21H22N4O3. The highest BCUT2D eigenvalue weighted by molar-refractivity contribution is 5.96. The second kappa shape index (κ2) is 6.51. The molecule has 7 nitrogen and oxygen atoms in total. The van der Waals surface area contributed by atoms with Crippen LogP contribution >= 0.6 is 0 Å². The molecule has 0 atom stereocenters. The van der Waals surface area contributed by atoms with Gasteiger partial charge in [0.05, 0.1) is 5.69 Å². The second-order valence-electron chi connectivity index (χ2n) is 7.59. The van der Waals surface area contributed by atoms with Gasteiger partial charge < -0.3 is 14.2 Å². The number of hydrogen-bond donors (Lipinski definition) is 0. The van der Waals surface area contributed by atoms with E-state index < -0.39 is 5.63 Å². The van der Waals surface area contributed by atoms with Crippen LogP contribution in [0, 0.1) is 0 Å². The highest BCUT2D eigenvalue weighted by atomic mass is 16.4. The number of anilines is 1. The molecule has 1 saturated heterocycles. The van der Waals surface area contributed by atoms with Gasteiger partial charge in [-0.25, -0.2) is 4.79 Å². The molecule has 2 aliphatic rings. The molecule has 5 rings (SSSR count). The fraction of sp³-hybridized carbons (Fsp3) is 0.381. The summed E-state index contributed by atoms with van der Waals surface area (Å²) in [5, 5.41) is 5.39. The van der Waals surface area contributed by atoms with Crippen molar-refractivity contribution in [2.75, 3.05) is 31.1 Å². The van der Waals surface area contributed by atoms with E-state index in [1.807, 2.05) is 23.9 Å². The van der Waals surface area contributed by atoms with Crippen LogP contribution in [-0.2, 0) is 7.05 Å². The van der Waals surface area contributed by atoms with Crippen molar-refractivity contribution >= 4 is 22.7 Å². The highest BCUT2D eigenvalue weighted by Crippen LogP contribution is 2.40. The van der Waals surface area contributed by atoms with Crippen LogP contribution in [0.4, 0.5) is 5.82 Å². The first-order valence-corrected chi connectivity index (χ1v) is 9.71. The highest BCUT2D eigenvalue weighted by Gasteiger charge is 2.30. The molecular weight excluding hydrogens is 356 g/mol. The largest absolute Gasteiger partial charge is 0.422 e. The molecule has 0 unspecified atom stereocenters. The lowest BCUT2D eigenvalue weighted by Crippen LogP contribution is -2.50. The molecule has 7 heteroatoms. The quantitative estimate of drug-likeness (QED) is 0.655. The molecule has 0 N–H and O–H groups in total. The van der Waals surface area contributed by atoms with Gasteiger partial charge in [0, 0.05) is 50.6 Å². The standard InChI is InChI=1S/C21H22N4O3/c1-23-19(13-17(22-23)14-6-7-14)24-8-10-25(11-9-24)20(26)16-12-15-4-2-3-5-18(15)28-21(16)27/h2-5,12-14H,6-11H2,1H3. The van der Waals surface area contributed by atoms with Crippen molar-refractivity contribution < 1.29 is 9.21 Å². The summed E-state index contributed by atoms with van der Waals surface area (Å²) < 4.78 is 7.25. The molecule has 144 valence electrons. The minimum absolute atomic E-state index is 0.101. The molecule has 1 amide bonds. The lowest BCUT2D eigenvalue weighted by Gasteiger charge is -2.35. The number of amides is 1. The summed E-state index contributed by atoms with van der Waals surface area (Å²) in [6.07, 6.45) is 2.46. The Morgan fingerprint density at radius 2 is 1.86 bits per heavy atom. The number of hydrogen-bond acceptors (Lipinski definition) is 5. The van der Waals surface area contributed by atoms with E-state index in [9.17, 15) is 9.59 Å². The molecule has 0 radical (unpaired) electrons. The number of fused-ring (bicyclic) bond motifs is 1. The first-order chi connectivity index (χ1) is 13.6. The second-order valence-corrected chi connectivity index (χ2v) is 7.59. The normalized spacial score (nSPS) is 17.3. The fourth-order valence-electron chi connectivity index (χ4n) is 3.87. The Morgan fingerprint density at radius 3 is 2.61 bits per heavy atom. The van der Waals surface area contributed by atoms with Crippen molar-refractivity contribution in [1.82, 2.24) is 14.7 Å². The fourth-order valence-corrected chi connectivity index (χ4v) is 3.87. The van der Waals surface area contributed by atoms with E-state index in [0.29, 0.717) is 37.7 Å². The molecule has 1 aliphatic carbocycles. The number of para-hydroxylation sites is 1. The van der Waals surface area contributed by atoms with Crippen molar-refractivity contribution in [2.24, 2.45) is 7.05 Å². The van der Waals surface area contributed by atoms with Gasteiger partial charge in [-0.15, -0.1) is 0 Å². The Bertz CT molecular complexity index is 1100. The van der Waals surface area contributed by atoms with Gasteiger partial charge >= 0.3 is 5.63 Å². The Balaban J connectivity index is 1.32. The third kappa shape index (κ3) is 2.96. The molecule has 1 aromatic carbocycles. The van der Waals surface area contributed by atoms with Crippen LogP contribution in [0.15, 0.2) is 45.6 Å². The monoisotopic (exact) mass is 378 g/mol. The van der Waals surface area contributed by atoms with Gasteiger partial charge in [-0.1, -0.05) is 18.2 Å². The van der Waals surface area contributed by atoms with Gasteiger partial charge in [0.2, 0.25) is 0 Å². The van der Waals surface area contributed by atoms with E-state index in [0.717, 1.165) is 11.2 Å². The maximum atomic E-state index is 12.9. The summed E-state index contributed by atoms with van der Waals surface area (Å²) in [4.78, 5) is 29.2. The van der Waals surface area contributed by atoms with Gasteiger partial charge in [-0.3, -0.25) is 9.48 Å². The van der Waals surface area contributed by atoms with Crippen LogP contribution < -0.4 is 10.5 Å². The van der Waals surface area contributed by atoms with Gasteiger partial charge in [0.1, 0.15) is 17.0 Å². The van der Waals surface area contributed by atoms with Crippen molar-refractivity contribution in [1.29, 1.82) is 0 Å². The number of carbonyl (C=O) groups excluding carboxylic acids is 1. The number of benzene rings is 1. The zero-order valence-corrected chi connectivity index (χ0v) is 15.8. The van der Waals surface area contributed by atoms with E-state index in [1.54, 1.807) is 23.1 Å². The molecule has 2 fully saturated rings. The summed E-state index contributed by atoms with van der Waals surface area (Å²) in [6, 6.07) is 11.0. The lowest BCUT2D eigenvalue weighted by atomic mass is 10.1. The summed E-state index contributed by atoms with van der Waals surface area (Å²) in [6.45, 7) is 2.56. The SMILES string of the molecule is Cn1nc(C2CC2)cc1N1CCN(C(=O)c2cc3ccccc3oc2=O)CC1. The van der Waals surface area contributed by atoms with Crippen molar-refractivity contribution in [3.63, 3.8) is 0 Å². The molecule has 3 heterocycles. The Morgan fingerprint density at radius 1 is 1.11 bits per heavy atom. The van der Waals surface area contributed by atoms with Crippen LogP contribution in [0.2, 0.25) is 0 Å². The third-order valence-corrected chi connectivity index (χ3v) is 5.63. The number of aromatic nitrogens is 2. The number of nitrogens with zero attached hydrogens (tertiary/aromatic N) is 4. The van der Waals surface area contributed by atoms with Gasteiger partial charge in [0.25, 0.3) is 5.91 Å². The van der Waals surface area contributed by atoms with Gasteiger partial charge in [-0.2, -0.15) is 5.10 Å². The summed E-state index contributed by atoms with van der Waals surface area (Å²) in [7, 11) is 1.97. The lowest BCUT2D eigenvalue weighted by molar-refractivity contribution is 0.0742. The zero-order valence-electron chi connectivity index (χ0n) is 15.8. The predicted octanol–water partition coefficient (Wildman–Crippen LogP) is 2.37. The van der Waals surface area contributed by atoms with E-state index in [4.69, 9.17) is 4.42 Å². The smallest absolute Gasteiger partial charge is 0.349 e. The topological polar surface area (TPSA) is 71.6 Å². The van der Waals surface area contributed by atoms with Crippen LogP contribution in [-0.4, -0.2) is 46.8 Å². The minimum Gasteiger partial charge on any atom is -0.422 e. The third-order valence-electron chi connectivity index (χ3n) is 5.63. The minimum atomic E-state index is -0.577. The summed E-state index contributed by atoms with van der Waals surface area (Å²) >= 11 is 0. The Labute approximate surface area is 162 Å². The molecule has 28 heavy (non-hydrogen) atoms. The first-order valence-electron chi connectivity index (χ1n) is 9.71. The van der Waals surface area contributed by atoms with E-state index in [-0.39, 0.29) is 11.5 Å². The zero-order chi connectivity index (χ0) is 19.3. The molecule has 1 saturated carbocycles. The summed E-state index contributed by atoms with van der Waals surface area (Å²) in [5.74, 6) is 1.46. The number of carbonyl (C=O) groups is 1. The number of piperazine rings is 1. The summed E-state index contributed by atoms with van der Waals surface area (Å²) in [5.41, 5.74) is 1.19. The van der Waals surface area contributed by atoms with E-state index >= 15 is 0 Å². The molecule has 2 aromatic heterocycles. The van der Waals surface area contributed by atoms with E-state index in [1.165, 1.54) is 18.5 Å². The number of rotatable bonds is 3. The first kappa shape index (κ1) is 17.0. The van der Waals surface area contributed by atoms with Gasteiger partial charge in [0.15, 0.2) is 0 Å². The van der Waals surface area contributed by atoms with Gasteiger partial charge in [-0.05, 0) is 25.0 Å². The molecule has 1 aliphatic heterocycles. The maximum absolute atomic E-state index is 12.9. The van der Waals surface area contributed by atoms with Crippen molar-refractivity contribution in [3.05, 3.63) is 58.1 Å². The maximum Gasteiger partial charge on any atom is 0.349 e. The number of aryl methyl sites for hydroxylation is 1. The van der Waals surface area contributed by atoms with Crippen LogP contribution in [0.5, 0.6) is 0 Å². The van der Waals surface area contributed by atoms with Crippen LogP contribution in [0.3, 0.4) is 0 Å². The Kier molecular flexibility index (Phi) is 3.96. The predicted molar refractivity (Wildman–Crippen MR) is 106 cm³/mol. The van der Waals surface area contributed by atoms with E-state index in [2.05, 4.69) is 16.1 Å². The molecule has 0 spiro atoms. The van der Waals surface area contributed by atoms with Crippen LogP contribution in [0.25, 0.3) is 11.0 Å². The van der Waals surface area contributed by atoms with Crippen molar-refractivity contribution in [2.45, 2.75) is 18.8 Å².